The molecule has 0 aromatic rings. The van der Waals surface area contributed by atoms with Crippen LogP contribution in [0.5, 0.6) is 0 Å². The predicted molar refractivity (Wildman–Crippen MR) is 73.1 cm³/mol. The van der Waals surface area contributed by atoms with Crippen LogP contribution in [0, 0.1) is 4.91 Å². The lowest BCUT2D eigenvalue weighted by molar-refractivity contribution is -0.568. The lowest BCUT2D eigenvalue weighted by Crippen LogP contribution is -2.50. The Balaban J connectivity index is 2.48. The maximum absolute atomic E-state index is 12.5. The lowest BCUT2D eigenvalue weighted by atomic mass is 9.84. The van der Waals surface area contributed by atoms with Crippen molar-refractivity contribution >= 4 is 0 Å². The molecule has 0 aromatic heterocycles. The van der Waals surface area contributed by atoms with Gasteiger partial charge in [-0.1, -0.05) is 4.91 Å². The van der Waals surface area contributed by atoms with Crippen LogP contribution in [0.15, 0.2) is 35.9 Å². The van der Waals surface area contributed by atoms with E-state index in [9.17, 15) is 10.1 Å². The van der Waals surface area contributed by atoms with Gasteiger partial charge in [0, 0.05) is 18.9 Å². The van der Waals surface area contributed by atoms with Crippen LogP contribution in [0.2, 0.25) is 0 Å². The largest absolute Gasteiger partial charge is 0.354 e. The number of rotatable bonds is 1. The highest BCUT2D eigenvalue weighted by Gasteiger charge is 2.65. The highest BCUT2D eigenvalue weighted by molar-refractivity contribution is 5.36. The summed E-state index contributed by atoms with van der Waals surface area (Å²) in [5, 5.41) is 11.4. The Morgan fingerprint density at radius 3 is 2.11 bits per heavy atom. The first-order valence-corrected chi connectivity index (χ1v) is 6.56. The molecule has 19 heavy (non-hydrogen) atoms. The van der Waals surface area contributed by atoms with Gasteiger partial charge in [0.2, 0.25) is 0 Å². The Hall–Kier alpha value is -1.62. The van der Waals surface area contributed by atoms with Gasteiger partial charge >= 0.3 is 5.82 Å². The first kappa shape index (κ1) is 13.8. The summed E-state index contributed by atoms with van der Waals surface area (Å²) >= 11 is 0. The Morgan fingerprint density at radius 2 is 1.74 bits per heavy atom. The van der Waals surface area contributed by atoms with E-state index in [0.717, 1.165) is 21.9 Å². The van der Waals surface area contributed by atoms with Gasteiger partial charge in [0.1, 0.15) is 0 Å². The molecule has 2 aliphatic rings. The molecule has 0 amide bonds. The maximum atomic E-state index is 12.5. The van der Waals surface area contributed by atoms with Crippen molar-refractivity contribution < 1.29 is 9.97 Å². The second kappa shape index (κ2) is 4.20. The molecule has 0 bridgehead atoms. The van der Waals surface area contributed by atoms with Crippen molar-refractivity contribution in [2.45, 2.75) is 45.7 Å². The summed E-state index contributed by atoms with van der Waals surface area (Å²) < 4.78 is 0.901. The van der Waals surface area contributed by atoms with Crippen LogP contribution in [-0.4, -0.2) is 37.6 Å². The molecule has 0 atom stereocenters. The fourth-order valence-electron chi connectivity index (χ4n) is 2.18. The fraction of sp³-hybridized carbons (Fsp3) is 0.571. The standard InChI is InChI=1S/C14H22N3O2/c1-6-15-9-7-11(8-10-15)12-16(18)13(2,3)14(4,5)17(12)19/h7-10,18H,6H2,1-5H3/q+1. The highest BCUT2D eigenvalue weighted by atomic mass is 16.5. The van der Waals surface area contributed by atoms with E-state index in [4.69, 9.17) is 0 Å². The molecule has 5 nitrogen and oxygen atoms in total. The average molecular weight is 264 g/mol. The van der Waals surface area contributed by atoms with Gasteiger partial charge in [-0.3, -0.25) is 0 Å². The SMILES string of the molecule is CCN1C=CC(=C2N(O)C(C)(C)C(C)(C)[N+]2=O)C=C1. The highest BCUT2D eigenvalue weighted by Crippen LogP contribution is 2.42. The summed E-state index contributed by atoms with van der Waals surface area (Å²) in [4.78, 5) is 14.5. The van der Waals surface area contributed by atoms with Crippen molar-refractivity contribution in [2.75, 3.05) is 6.54 Å². The molecule has 104 valence electrons. The van der Waals surface area contributed by atoms with Crippen LogP contribution in [0.4, 0.5) is 0 Å². The van der Waals surface area contributed by atoms with Crippen LogP contribution < -0.4 is 0 Å². The minimum absolute atomic E-state index is 0.304. The maximum Gasteiger partial charge on any atom is 0.354 e. The van der Waals surface area contributed by atoms with Gasteiger partial charge < -0.3 is 4.90 Å². The fourth-order valence-corrected chi connectivity index (χ4v) is 2.18. The third-order valence-corrected chi connectivity index (χ3v) is 4.44. The molecule has 2 aliphatic heterocycles. The third kappa shape index (κ3) is 1.80. The zero-order valence-electron chi connectivity index (χ0n) is 12.2. The van der Waals surface area contributed by atoms with Crippen LogP contribution in [0.3, 0.4) is 0 Å². The molecule has 2 rings (SSSR count). The topological polar surface area (TPSA) is 46.8 Å². The normalized spacial score (nSPS) is 24.6. The van der Waals surface area contributed by atoms with E-state index < -0.39 is 11.1 Å². The van der Waals surface area contributed by atoms with Gasteiger partial charge in [-0.2, -0.15) is 0 Å². The first-order chi connectivity index (χ1) is 8.73. The van der Waals surface area contributed by atoms with E-state index in [1.807, 2.05) is 64.1 Å². The van der Waals surface area contributed by atoms with Crippen molar-refractivity contribution in [3.63, 3.8) is 0 Å². The van der Waals surface area contributed by atoms with Gasteiger partial charge in [-0.15, -0.1) is 5.06 Å². The number of nitrogens with zero attached hydrogens (tertiary/aromatic N) is 3. The van der Waals surface area contributed by atoms with Gasteiger partial charge in [0.05, 0.1) is 5.57 Å². The molecular weight excluding hydrogens is 242 g/mol. The molecule has 0 aliphatic carbocycles. The Bertz CT molecular complexity index is 485. The van der Waals surface area contributed by atoms with Gasteiger partial charge in [-0.25, -0.2) is 5.21 Å². The minimum atomic E-state index is -0.701. The van der Waals surface area contributed by atoms with Crippen molar-refractivity contribution in [2.24, 2.45) is 0 Å². The second-order valence-corrected chi connectivity index (χ2v) is 5.97. The number of nitroso groups, excluding NO2 is 1. The summed E-state index contributed by atoms with van der Waals surface area (Å²) in [6.07, 6.45) is 7.51. The molecule has 0 unspecified atom stereocenters. The van der Waals surface area contributed by atoms with E-state index in [1.54, 1.807) is 0 Å². The summed E-state index contributed by atoms with van der Waals surface area (Å²) in [5.74, 6) is 0.304. The molecule has 2 heterocycles. The molecule has 1 saturated heterocycles. The van der Waals surface area contributed by atoms with Gasteiger partial charge in [-0.05, 0) is 51.5 Å². The molecule has 5 heteroatoms. The zero-order valence-corrected chi connectivity index (χ0v) is 12.2. The van der Waals surface area contributed by atoms with E-state index in [0.29, 0.717) is 5.82 Å². The molecule has 1 N–H and O–H groups in total. The van der Waals surface area contributed by atoms with Crippen molar-refractivity contribution in [3.8, 4) is 0 Å². The van der Waals surface area contributed by atoms with Crippen molar-refractivity contribution in [1.29, 1.82) is 0 Å². The summed E-state index contributed by atoms with van der Waals surface area (Å²) in [6, 6.07) is 0. The Morgan fingerprint density at radius 1 is 1.21 bits per heavy atom. The van der Waals surface area contributed by atoms with Crippen LogP contribution in [-0.2, 0) is 0 Å². The smallest absolute Gasteiger partial charge is 0.354 e. The van der Waals surface area contributed by atoms with Crippen molar-refractivity contribution in [1.82, 2.24) is 9.96 Å². The first-order valence-electron chi connectivity index (χ1n) is 6.56. The third-order valence-electron chi connectivity index (χ3n) is 4.44. The number of hydroxylamine groups is 2. The molecule has 0 spiro atoms. The number of hydrogen-bond donors (Lipinski definition) is 1. The lowest BCUT2D eigenvalue weighted by Gasteiger charge is -2.26. The van der Waals surface area contributed by atoms with Crippen LogP contribution >= 0.6 is 0 Å². The Kier molecular flexibility index (Phi) is 3.05. The molecule has 0 aromatic carbocycles. The van der Waals surface area contributed by atoms with Crippen molar-refractivity contribution in [3.05, 3.63) is 40.9 Å². The monoisotopic (exact) mass is 264 g/mol. The zero-order chi connectivity index (χ0) is 14.4. The molecule has 1 fully saturated rings. The van der Waals surface area contributed by atoms with E-state index in [2.05, 4.69) is 0 Å². The number of allylic oxidation sites excluding steroid dienone is 3. The summed E-state index contributed by atoms with van der Waals surface area (Å²) in [7, 11) is 0. The summed E-state index contributed by atoms with van der Waals surface area (Å²) in [5.41, 5.74) is -0.630. The van der Waals surface area contributed by atoms with Gasteiger partial charge in [0.15, 0.2) is 11.1 Å². The van der Waals surface area contributed by atoms with E-state index in [1.165, 1.54) is 0 Å². The molecule has 0 saturated carbocycles. The van der Waals surface area contributed by atoms with E-state index >= 15 is 0 Å². The second-order valence-electron chi connectivity index (χ2n) is 5.97. The molecular formula is C14H22N3O2+. The quantitative estimate of drug-likeness (QED) is 0.739. The number of hydrogen-bond acceptors (Lipinski definition) is 4. The van der Waals surface area contributed by atoms with Gasteiger partial charge in [0.25, 0.3) is 0 Å². The van der Waals surface area contributed by atoms with Crippen LogP contribution in [0.25, 0.3) is 0 Å². The molecule has 0 radical (unpaired) electrons. The summed E-state index contributed by atoms with van der Waals surface area (Å²) in [6.45, 7) is 10.3. The minimum Gasteiger partial charge on any atom is -0.354 e. The Labute approximate surface area is 114 Å². The average Bonchev–Trinajstić information content (AvgIpc) is 2.49. The predicted octanol–water partition coefficient (Wildman–Crippen LogP) is 2.60. The van der Waals surface area contributed by atoms with Crippen LogP contribution in [0.1, 0.15) is 34.6 Å². The van der Waals surface area contributed by atoms with E-state index in [-0.39, 0.29) is 0 Å².